The smallest absolute Gasteiger partial charge is 0.319 e. The number of nitrogens with zero attached hydrogens (tertiary/aromatic N) is 1. The second-order valence-electron chi connectivity index (χ2n) is 5.59. The molecule has 1 unspecified atom stereocenters. The molecule has 3 N–H and O–H groups in total. The van der Waals surface area contributed by atoms with Crippen LogP contribution in [0, 0.1) is 0 Å². The first-order valence-electron chi connectivity index (χ1n) is 7.48. The fourth-order valence-corrected chi connectivity index (χ4v) is 2.93. The highest BCUT2D eigenvalue weighted by Crippen LogP contribution is 2.33. The molecule has 2 aliphatic rings. The lowest BCUT2D eigenvalue weighted by atomic mass is 9.96. The number of urea groups is 1. The summed E-state index contributed by atoms with van der Waals surface area (Å²) in [5.41, 5.74) is 1.97. The van der Waals surface area contributed by atoms with Crippen LogP contribution in [0.5, 0.6) is 5.75 Å². The van der Waals surface area contributed by atoms with Crippen molar-refractivity contribution in [1.29, 1.82) is 0 Å². The maximum atomic E-state index is 12.7. The van der Waals surface area contributed by atoms with E-state index in [4.69, 9.17) is 4.74 Å². The number of aromatic hydroxyl groups is 1. The molecular formula is C16H19N3O4. The van der Waals surface area contributed by atoms with Crippen molar-refractivity contribution in [2.24, 2.45) is 0 Å². The summed E-state index contributed by atoms with van der Waals surface area (Å²) in [5.74, 6) is 0.0591. The van der Waals surface area contributed by atoms with Gasteiger partial charge in [-0.15, -0.1) is 0 Å². The summed E-state index contributed by atoms with van der Waals surface area (Å²) in [6, 6.07) is 5.67. The topological polar surface area (TPSA) is 90.9 Å². The first kappa shape index (κ1) is 15.4. The van der Waals surface area contributed by atoms with Crippen molar-refractivity contribution in [3.63, 3.8) is 0 Å². The van der Waals surface area contributed by atoms with E-state index >= 15 is 0 Å². The van der Waals surface area contributed by atoms with Crippen molar-refractivity contribution in [1.82, 2.24) is 15.5 Å². The number of rotatable bonds is 5. The number of benzene rings is 1. The van der Waals surface area contributed by atoms with Crippen molar-refractivity contribution in [3.8, 4) is 5.75 Å². The summed E-state index contributed by atoms with van der Waals surface area (Å²) >= 11 is 0. The maximum absolute atomic E-state index is 12.7. The molecule has 0 saturated heterocycles. The Morgan fingerprint density at radius 2 is 2.04 bits per heavy atom. The van der Waals surface area contributed by atoms with Gasteiger partial charge in [0.25, 0.3) is 5.91 Å². The third kappa shape index (κ3) is 3.00. The monoisotopic (exact) mass is 317 g/mol. The minimum Gasteiger partial charge on any atom is -0.508 e. The molecule has 0 bridgehead atoms. The Bertz CT molecular complexity index is 654. The van der Waals surface area contributed by atoms with E-state index < -0.39 is 6.04 Å². The molecule has 3 rings (SSSR count). The highest BCUT2D eigenvalue weighted by atomic mass is 16.5. The molecule has 3 amide bonds. The predicted molar refractivity (Wildman–Crippen MR) is 82.6 cm³/mol. The molecule has 0 spiro atoms. The maximum Gasteiger partial charge on any atom is 0.319 e. The summed E-state index contributed by atoms with van der Waals surface area (Å²) in [4.78, 5) is 26.3. The highest BCUT2D eigenvalue weighted by molar-refractivity contribution is 6.01. The highest BCUT2D eigenvalue weighted by Gasteiger charge is 2.39. The quantitative estimate of drug-likeness (QED) is 0.703. The molecule has 0 saturated carbocycles. The van der Waals surface area contributed by atoms with Gasteiger partial charge in [-0.05, 0) is 24.1 Å². The van der Waals surface area contributed by atoms with Gasteiger partial charge in [0, 0.05) is 20.3 Å². The molecule has 7 nitrogen and oxygen atoms in total. The summed E-state index contributed by atoms with van der Waals surface area (Å²) in [6.45, 7) is 1.57. The van der Waals surface area contributed by atoms with E-state index in [9.17, 15) is 14.7 Å². The lowest BCUT2D eigenvalue weighted by Crippen LogP contribution is -2.44. The van der Waals surface area contributed by atoms with Crippen molar-refractivity contribution < 1.29 is 19.4 Å². The lowest BCUT2D eigenvalue weighted by molar-refractivity contribution is -0.125. The summed E-state index contributed by atoms with van der Waals surface area (Å²) < 4.78 is 5.02. The van der Waals surface area contributed by atoms with Gasteiger partial charge in [0.1, 0.15) is 5.75 Å². The molecule has 2 aliphatic heterocycles. The molecule has 0 fully saturated rings. The third-order valence-corrected chi connectivity index (χ3v) is 4.02. The average Bonchev–Trinajstić information content (AvgIpc) is 2.84. The zero-order valence-electron chi connectivity index (χ0n) is 12.8. The van der Waals surface area contributed by atoms with Gasteiger partial charge in [0.15, 0.2) is 0 Å². The Labute approximate surface area is 133 Å². The normalized spacial score (nSPS) is 20.4. The number of carbonyl (C=O) groups excluding carboxylic acids is 2. The van der Waals surface area contributed by atoms with Crippen molar-refractivity contribution in [2.75, 3.05) is 26.8 Å². The second kappa shape index (κ2) is 6.29. The van der Waals surface area contributed by atoms with Crippen molar-refractivity contribution >= 4 is 11.9 Å². The summed E-state index contributed by atoms with van der Waals surface area (Å²) in [5, 5.41) is 14.9. The van der Waals surface area contributed by atoms with Gasteiger partial charge in [-0.25, -0.2) is 4.79 Å². The Hall–Kier alpha value is -2.54. The number of amides is 3. The SMILES string of the molecule is COCCCN1CC2=C(C1=O)C(c1ccc(O)cc1)NC(=O)N2. The molecular weight excluding hydrogens is 298 g/mol. The van der Waals surface area contributed by atoms with Crippen LogP contribution >= 0.6 is 0 Å². The number of hydrogen-bond donors (Lipinski definition) is 3. The Kier molecular flexibility index (Phi) is 4.20. The molecule has 0 aliphatic carbocycles. The molecule has 0 aromatic heterocycles. The number of nitrogens with one attached hydrogen (secondary N) is 2. The van der Waals surface area contributed by atoms with E-state index in [0.717, 1.165) is 12.0 Å². The van der Waals surface area contributed by atoms with Crippen LogP contribution in [0.1, 0.15) is 18.0 Å². The minimum absolute atomic E-state index is 0.0818. The van der Waals surface area contributed by atoms with E-state index in [1.54, 1.807) is 36.3 Å². The van der Waals surface area contributed by atoms with Crippen LogP contribution in [0.15, 0.2) is 35.5 Å². The first-order chi connectivity index (χ1) is 11.1. The van der Waals surface area contributed by atoms with Gasteiger partial charge in [0.2, 0.25) is 0 Å². The van der Waals surface area contributed by atoms with Gasteiger partial charge >= 0.3 is 6.03 Å². The third-order valence-electron chi connectivity index (χ3n) is 4.02. The Morgan fingerprint density at radius 1 is 1.30 bits per heavy atom. The Morgan fingerprint density at radius 3 is 2.74 bits per heavy atom. The van der Waals surface area contributed by atoms with Gasteiger partial charge in [0.05, 0.1) is 23.9 Å². The second-order valence-corrected chi connectivity index (χ2v) is 5.59. The van der Waals surface area contributed by atoms with Gasteiger partial charge in [-0.3, -0.25) is 4.79 Å². The molecule has 122 valence electrons. The molecule has 1 aromatic carbocycles. The number of phenolic OH excluding ortho intramolecular Hbond substituents is 1. The average molecular weight is 317 g/mol. The number of phenols is 1. The van der Waals surface area contributed by atoms with E-state index in [1.807, 2.05) is 0 Å². The molecule has 2 heterocycles. The number of methoxy groups -OCH3 is 1. The van der Waals surface area contributed by atoms with Crippen LogP contribution in [-0.4, -0.2) is 48.8 Å². The van der Waals surface area contributed by atoms with Crippen molar-refractivity contribution in [3.05, 3.63) is 41.1 Å². The lowest BCUT2D eigenvalue weighted by Gasteiger charge is -2.25. The first-order valence-corrected chi connectivity index (χ1v) is 7.48. The summed E-state index contributed by atoms with van der Waals surface area (Å²) in [6.07, 6.45) is 0.744. The fourth-order valence-electron chi connectivity index (χ4n) is 2.93. The Balaban J connectivity index is 1.84. The van der Waals surface area contributed by atoms with E-state index in [1.165, 1.54) is 0 Å². The zero-order chi connectivity index (χ0) is 16.4. The van der Waals surface area contributed by atoms with Crippen LogP contribution in [0.25, 0.3) is 0 Å². The fraction of sp³-hybridized carbons (Fsp3) is 0.375. The van der Waals surface area contributed by atoms with E-state index in [-0.39, 0.29) is 17.7 Å². The van der Waals surface area contributed by atoms with Crippen LogP contribution in [0.3, 0.4) is 0 Å². The van der Waals surface area contributed by atoms with E-state index in [0.29, 0.717) is 31.0 Å². The van der Waals surface area contributed by atoms with Gasteiger partial charge in [-0.2, -0.15) is 0 Å². The molecule has 1 aromatic rings. The van der Waals surface area contributed by atoms with Crippen LogP contribution in [0.4, 0.5) is 4.79 Å². The predicted octanol–water partition coefficient (Wildman–Crippen LogP) is 0.879. The number of ether oxygens (including phenoxy) is 1. The van der Waals surface area contributed by atoms with Crippen LogP contribution in [0.2, 0.25) is 0 Å². The van der Waals surface area contributed by atoms with Gasteiger partial charge in [-0.1, -0.05) is 12.1 Å². The number of carbonyl (C=O) groups is 2. The molecule has 7 heteroatoms. The zero-order valence-corrected chi connectivity index (χ0v) is 12.8. The van der Waals surface area contributed by atoms with Crippen molar-refractivity contribution in [2.45, 2.75) is 12.5 Å². The molecule has 23 heavy (non-hydrogen) atoms. The largest absolute Gasteiger partial charge is 0.508 e. The van der Waals surface area contributed by atoms with Crippen LogP contribution < -0.4 is 10.6 Å². The van der Waals surface area contributed by atoms with Crippen LogP contribution in [-0.2, 0) is 9.53 Å². The molecule has 1 atom stereocenters. The minimum atomic E-state index is -0.501. The van der Waals surface area contributed by atoms with Gasteiger partial charge < -0.3 is 25.4 Å². The number of hydrogen-bond acceptors (Lipinski definition) is 4. The standard InChI is InChI=1S/C16H19N3O4/c1-23-8-2-7-19-9-12-13(15(19)21)14(18-16(22)17-12)10-3-5-11(20)6-4-10/h3-6,14,20H,2,7-9H2,1H3,(H2,17,18,22). The molecule has 0 radical (unpaired) electrons. The van der Waals surface area contributed by atoms with E-state index in [2.05, 4.69) is 10.6 Å². The summed E-state index contributed by atoms with van der Waals surface area (Å²) in [7, 11) is 1.63.